The van der Waals surface area contributed by atoms with Gasteiger partial charge in [0.05, 0.1) is 11.2 Å². The highest BCUT2D eigenvalue weighted by Crippen LogP contribution is 2.31. The number of hydrogen-bond acceptors (Lipinski definition) is 4. The monoisotopic (exact) mass is 296 g/mol. The van der Waals surface area contributed by atoms with E-state index in [1.807, 2.05) is 13.2 Å². The molecule has 1 aliphatic rings. The number of thiocarbonyl (C=S) groups is 1. The number of carbonyl (C=O) groups is 1. The minimum Gasteiger partial charge on any atom is -0.392 e. The van der Waals surface area contributed by atoms with E-state index < -0.39 is 5.41 Å². The van der Waals surface area contributed by atoms with Crippen LogP contribution in [0.5, 0.6) is 0 Å². The van der Waals surface area contributed by atoms with E-state index in [0.29, 0.717) is 32.6 Å². The third-order valence-corrected chi connectivity index (χ3v) is 4.10. The highest BCUT2D eigenvalue weighted by molar-refractivity contribution is 7.80. The summed E-state index contributed by atoms with van der Waals surface area (Å²) in [6.45, 7) is 1.59. The van der Waals surface area contributed by atoms with Crippen molar-refractivity contribution < 1.29 is 9.53 Å². The fourth-order valence-corrected chi connectivity index (χ4v) is 2.69. The SMILES string of the molecule is Cn1cc(CCNC(=O)C2(C(N)=S)CCOCC2)cn1. The summed E-state index contributed by atoms with van der Waals surface area (Å²) in [5.74, 6) is -0.0859. The number of nitrogens with two attached hydrogens (primary N) is 1. The largest absolute Gasteiger partial charge is 0.392 e. The molecule has 0 aromatic carbocycles. The molecule has 1 aromatic rings. The van der Waals surface area contributed by atoms with Crippen molar-refractivity contribution in [3.63, 3.8) is 0 Å². The first-order valence-electron chi connectivity index (χ1n) is 6.68. The predicted octanol–water partition coefficient (Wildman–Crippen LogP) is 0.162. The van der Waals surface area contributed by atoms with Gasteiger partial charge in [-0.1, -0.05) is 12.2 Å². The van der Waals surface area contributed by atoms with Gasteiger partial charge >= 0.3 is 0 Å². The average Bonchev–Trinajstić information content (AvgIpc) is 2.85. The molecule has 6 nitrogen and oxygen atoms in total. The number of aromatic nitrogens is 2. The lowest BCUT2D eigenvalue weighted by molar-refractivity contribution is -0.131. The summed E-state index contributed by atoms with van der Waals surface area (Å²) in [4.78, 5) is 12.7. The zero-order valence-electron chi connectivity index (χ0n) is 11.6. The molecule has 0 aliphatic carbocycles. The van der Waals surface area contributed by atoms with Gasteiger partial charge in [0, 0.05) is 33.0 Å². The molecule has 7 heteroatoms. The van der Waals surface area contributed by atoms with Crippen molar-refractivity contribution in [2.75, 3.05) is 19.8 Å². The highest BCUT2D eigenvalue weighted by atomic mass is 32.1. The fourth-order valence-electron chi connectivity index (χ4n) is 2.40. The third-order valence-electron chi connectivity index (χ3n) is 3.71. The molecule has 0 saturated carbocycles. The first kappa shape index (κ1) is 14.9. The van der Waals surface area contributed by atoms with Crippen LogP contribution in [0, 0.1) is 5.41 Å². The van der Waals surface area contributed by atoms with E-state index >= 15 is 0 Å². The maximum atomic E-state index is 12.4. The molecule has 20 heavy (non-hydrogen) atoms. The topological polar surface area (TPSA) is 82.2 Å². The Morgan fingerprint density at radius 3 is 2.85 bits per heavy atom. The molecule has 0 unspecified atom stereocenters. The number of carbonyl (C=O) groups excluding carboxylic acids is 1. The summed E-state index contributed by atoms with van der Waals surface area (Å²) >= 11 is 5.10. The maximum Gasteiger partial charge on any atom is 0.233 e. The van der Waals surface area contributed by atoms with E-state index in [2.05, 4.69) is 10.4 Å². The second-order valence-electron chi connectivity index (χ2n) is 5.09. The Labute approximate surface area is 123 Å². The summed E-state index contributed by atoms with van der Waals surface area (Å²) in [7, 11) is 1.87. The Bertz CT molecular complexity index is 494. The van der Waals surface area contributed by atoms with E-state index in [9.17, 15) is 4.79 Å². The van der Waals surface area contributed by atoms with Gasteiger partial charge in [-0.05, 0) is 24.8 Å². The number of nitrogens with zero attached hydrogens (tertiary/aromatic N) is 2. The molecule has 1 fully saturated rings. The van der Waals surface area contributed by atoms with Crippen LogP contribution < -0.4 is 11.1 Å². The number of ether oxygens (including phenoxy) is 1. The Hall–Kier alpha value is -1.47. The molecule has 1 aliphatic heterocycles. The van der Waals surface area contributed by atoms with Gasteiger partial charge in [-0.3, -0.25) is 9.48 Å². The van der Waals surface area contributed by atoms with E-state index in [1.165, 1.54) is 0 Å². The van der Waals surface area contributed by atoms with Crippen molar-refractivity contribution in [1.82, 2.24) is 15.1 Å². The first-order valence-corrected chi connectivity index (χ1v) is 7.09. The van der Waals surface area contributed by atoms with Crippen molar-refractivity contribution in [3.8, 4) is 0 Å². The normalized spacial score (nSPS) is 17.6. The Morgan fingerprint density at radius 1 is 1.60 bits per heavy atom. The Morgan fingerprint density at radius 2 is 2.30 bits per heavy atom. The van der Waals surface area contributed by atoms with Gasteiger partial charge in [-0.15, -0.1) is 0 Å². The van der Waals surface area contributed by atoms with Crippen LogP contribution in [0.3, 0.4) is 0 Å². The van der Waals surface area contributed by atoms with Gasteiger partial charge in [0.1, 0.15) is 5.41 Å². The Balaban J connectivity index is 1.90. The van der Waals surface area contributed by atoms with E-state index in [1.54, 1.807) is 10.9 Å². The maximum absolute atomic E-state index is 12.4. The van der Waals surface area contributed by atoms with Crippen LogP contribution in [0.4, 0.5) is 0 Å². The Kier molecular flexibility index (Phi) is 4.72. The molecule has 0 spiro atoms. The second kappa shape index (κ2) is 6.32. The van der Waals surface area contributed by atoms with Crippen LogP contribution in [0.25, 0.3) is 0 Å². The van der Waals surface area contributed by atoms with Gasteiger partial charge < -0.3 is 15.8 Å². The van der Waals surface area contributed by atoms with Crippen LogP contribution in [-0.4, -0.2) is 40.4 Å². The highest BCUT2D eigenvalue weighted by Gasteiger charge is 2.42. The average molecular weight is 296 g/mol. The minimum absolute atomic E-state index is 0.0859. The molecule has 110 valence electrons. The molecule has 1 saturated heterocycles. The number of aryl methyl sites for hydroxylation is 1. The van der Waals surface area contributed by atoms with Crippen molar-refractivity contribution in [2.45, 2.75) is 19.3 Å². The van der Waals surface area contributed by atoms with E-state index in [4.69, 9.17) is 22.7 Å². The predicted molar refractivity (Wildman–Crippen MR) is 79.2 cm³/mol. The lowest BCUT2D eigenvalue weighted by Gasteiger charge is -2.34. The third kappa shape index (κ3) is 3.16. The van der Waals surface area contributed by atoms with Crippen LogP contribution in [0.15, 0.2) is 12.4 Å². The number of rotatable bonds is 5. The smallest absolute Gasteiger partial charge is 0.233 e. The summed E-state index contributed by atoms with van der Waals surface area (Å²) < 4.78 is 7.04. The quantitative estimate of drug-likeness (QED) is 0.757. The van der Waals surface area contributed by atoms with Gasteiger partial charge in [0.2, 0.25) is 5.91 Å². The molecule has 1 aromatic heterocycles. The zero-order chi connectivity index (χ0) is 14.6. The molecule has 2 heterocycles. The van der Waals surface area contributed by atoms with Crippen LogP contribution in [0.1, 0.15) is 18.4 Å². The molecule has 0 atom stereocenters. The summed E-state index contributed by atoms with van der Waals surface area (Å²) in [6, 6.07) is 0. The number of amides is 1. The van der Waals surface area contributed by atoms with Crippen LogP contribution in [0.2, 0.25) is 0 Å². The molecule has 0 radical (unpaired) electrons. The van der Waals surface area contributed by atoms with Gasteiger partial charge in [-0.25, -0.2) is 0 Å². The van der Waals surface area contributed by atoms with Crippen LogP contribution in [-0.2, 0) is 23.0 Å². The van der Waals surface area contributed by atoms with Gasteiger partial charge in [0.25, 0.3) is 0 Å². The molecular formula is C13H20N4O2S. The number of nitrogens with one attached hydrogen (secondary N) is 1. The molecule has 1 amide bonds. The minimum atomic E-state index is -0.747. The molecule has 0 bridgehead atoms. The second-order valence-corrected chi connectivity index (χ2v) is 5.53. The number of hydrogen-bond donors (Lipinski definition) is 2. The van der Waals surface area contributed by atoms with Crippen LogP contribution >= 0.6 is 12.2 Å². The van der Waals surface area contributed by atoms with Crippen molar-refractivity contribution in [2.24, 2.45) is 18.2 Å². The van der Waals surface area contributed by atoms with Crippen molar-refractivity contribution in [3.05, 3.63) is 18.0 Å². The van der Waals surface area contributed by atoms with E-state index in [-0.39, 0.29) is 10.9 Å². The molecular weight excluding hydrogens is 276 g/mol. The summed E-state index contributed by atoms with van der Waals surface area (Å²) in [6.07, 6.45) is 5.58. The molecule has 3 N–H and O–H groups in total. The van der Waals surface area contributed by atoms with Gasteiger partial charge in [-0.2, -0.15) is 5.10 Å². The summed E-state index contributed by atoms with van der Waals surface area (Å²) in [5.41, 5.74) is 6.13. The standard InChI is InChI=1S/C13H20N4O2S/c1-17-9-10(8-16-17)2-5-15-12(18)13(11(14)20)3-6-19-7-4-13/h8-9H,2-7H2,1H3,(H2,14,20)(H,15,18). The van der Waals surface area contributed by atoms with Crippen molar-refractivity contribution in [1.29, 1.82) is 0 Å². The van der Waals surface area contributed by atoms with Gasteiger partial charge in [0.15, 0.2) is 0 Å². The van der Waals surface area contributed by atoms with E-state index in [0.717, 1.165) is 12.0 Å². The zero-order valence-corrected chi connectivity index (χ0v) is 12.4. The fraction of sp³-hybridized carbons (Fsp3) is 0.615. The summed E-state index contributed by atoms with van der Waals surface area (Å²) in [5, 5.41) is 7.03. The molecule has 2 rings (SSSR count). The first-order chi connectivity index (χ1) is 9.54. The lowest BCUT2D eigenvalue weighted by Crippen LogP contribution is -2.52. The lowest BCUT2D eigenvalue weighted by atomic mass is 9.79. The van der Waals surface area contributed by atoms with Crippen molar-refractivity contribution >= 4 is 23.1 Å².